The number of hydrogen-bond donors (Lipinski definition) is 1. The molecule has 1 unspecified atom stereocenters. The van der Waals surface area contributed by atoms with Gasteiger partial charge in [0.1, 0.15) is 5.69 Å². The lowest BCUT2D eigenvalue weighted by Gasteiger charge is -2.07. The molecule has 1 aromatic heterocycles. The van der Waals surface area contributed by atoms with Gasteiger partial charge in [-0.15, -0.1) is 0 Å². The van der Waals surface area contributed by atoms with Crippen molar-refractivity contribution in [3.63, 3.8) is 0 Å². The maximum absolute atomic E-state index is 12.0. The summed E-state index contributed by atoms with van der Waals surface area (Å²) >= 11 is 0. The highest BCUT2D eigenvalue weighted by atomic mass is 19.4. The molecule has 0 aliphatic carbocycles. The fraction of sp³-hybridized carbons (Fsp3) is 0.375. The zero-order valence-electron chi connectivity index (χ0n) is 6.84. The lowest BCUT2D eigenvalue weighted by atomic mass is 10.2. The minimum absolute atomic E-state index is 0.369. The van der Waals surface area contributed by atoms with Crippen molar-refractivity contribution in [2.45, 2.75) is 19.2 Å². The van der Waals surface area contributed by atoms with E-state index in [0.29, 0.717) is 5.56 Å². The van der Waals surface area contributed by atoms with Crippen LogP contribution in [0.2, 0.25) is 0 Å². The van der Waals surface area contributed by atoms with E-state index in [1.54, 1.807) is 0 Å². The molecule has 0 aliphatic heterocycles. The molecular weight excluding hydrogens is 183 g/mol. The topological polar surface area (TPSA) is 33.1 Å². The van der Waals surface area contributed by atoms with Crippen molar-refractivity contribution in [1.29, 1.82) is 0 Å². The van der Waals surface area contributed by atoms with E-state index in [4.69, 9.17) is 5.11 Å². The first kappa shape index (κ1) is 9.98. The van der Waals surface area contributed by atoms with Crippen molar-refractivity contribution in [2.24, 2.45) is 0 Å². The lowest BCUT2D eigenvalue weighted by Crippen LogP contribution is -2.08. The van der Waals surface area contributed by atoms with Crippen LogP contribution in [0.3, 0.4) is 0 Å². The molecule has 1 N–H and O–H groups in total. The molecule has 1 rings (SSSR count). The second kappa shape index (κ2) is 3.33. The summed E-state index contributed by atoms with van der Waals surface area (Å²) in [5.74, 6) is 0. The number of nitrogens with zero attached hydrogens (tertiary/aromatic N) is 1. The molecule has 0 bridgehead atoms. The summed E-state index contributed by atoms with van der Waals surface area (Å²) in [5.41, 5.74) is -0.579. The van der Waals surface area contributed by atoms with Gasteiger partial charge < -0.3 is 5.11 Å². The molecule has 72 valence electrons. The number of alkyl halides is 3. The molecule has 1 atom stereocenters. The number of aromatic nitrogens is 1. The van der Waals surface area contributed by atoms with E-state index in [-0.39, 0.29) is 0 Å². The van der Waals surface area contributed by atoms with Crippen LogP contribution >= 0.6 is 0 Å². The first-order valence-electron chi connectivity index (χ1n) is 3.62. The van der Waals surface area contributed by atoms with Gasteiger partial charge in [0, 0.05) is 6.20 Å². The Bertz CT molecular complexity index is 278. The Morgan fingerprint density at radius 3 is 2.31 bits per heavy atom. The zero-order valence-corrected chi connectivity index (χ0v) is 6.84. The van der Waals surface area contributed by atoms with Gasteiger partial charge in [-0.25, -0.2) is 0 Å². The van der Waals surface area contributed by atoms with E-state index in [9.17, 15) is 13.2 Å². The van der Waals surface area contributed by atoms with E-state index in [2.05, 4.69) is 4.98 Å². The van der Waals surface area contributed by atoms with Crippen molar-refractivity contribution < 1.29 is 18.3 Å². The molecule has 0 amide bonds. The molecule has 0 aromatic carbocycles. The summed E-state index contributed by atoms with van der Waals surface area (Å²) in [5, 5.41) is 9.00. The van der Waals surface area contributed by atoms with Crippen LogP contribution in [0.5, 0.6) is 0 Å². The number of halogens is 3. The predicted octanol–water partition coefficient (Wildman–Crippen LogP) is 2.15. The minimum atomic E-state index is -4.42. The third-order valence-corrected chi connectivity index (χ3v) is 1.56. The molecule has 5 heteroatoms. The SMILES string of the molecule is CC(O)c1ccc(C(F)(F)F)nc1. The summed E-state index contributed by atoms with van der Waals surface area (Å²) < 4.78 is 36.0. The quantitative estimate of drug-likeness (QED) is 0.737. The van der Waals surface area contributed by atoms with Crippen molar-refractivity contribution in [1.82, 2.24) is 4.98 Å². The van der Waals surface area contributed by atoms with Crippen LogP contribution in [0.1, 0.15) is 24.3 Å². The van der Waals surface area contributed by atoms with Crippen molar-refractivity contribution in [2.75, 3.05) is 0 Å². The van der Waals surface area contributed by atoms with E-state index in [1.165, 1.54) is 13.0 Å². The lowest BCUT2D eigenvalue weighted by molar-refractivity contribution is -0.141. The summed E-state index contributed by atoms with van der Waals surface area (Å²) in [6.45, 7) is 1.46. The first-order chi connectivity index (χ1) is 5.91. The molecule has 13 heavy (non-hydrogen) atoms. The summed E-state index contributed by atoms with van der Waals surface area (Å²) in [7, 11) is 0. The fourth-order valence-corrected chi connectivity index (χ4v) is 0.820. The highest BCUT2D eigenvalue weighted by Crippen LogP contribution is 2.27. The van der Waals surface area contributed by atoms with Gasteiger partial charge in [-0.2, -0.15) is 13.2 Å². The van der Waals surface area contributed by atoms with Gasteiger partial charge in [0.2, 0.25) is 0 Å². The van der Waals surface area contributed by atoms with Crippen LogP contribution in [0.4, 0.5) is 13.2 Å². The largest absolute Gasteiger partial charge is 0.433 e. The molecule has 0 saturated heterocycles. The standard InChI is InChI=1S/C8H8F3NO/c1-5(13)6-2-3-7(12-4-6)8(9,10)11/h2-5,13H,1H3. The Morgan fingerprint density at radius 1 is 1.38 bits per heavy atom. The molecule has 1 heterocycles. The van der Waals surface area contributed by atoms with Gasteiger partial charge in [0.05, 0.1) is 6.10 Å². The van der Waals surface area contributed by atoms with Crippen LogP contribution in [-0.2, 0) is 6.18 Å². The van der Waals surface area contributed by atoms with Crippen molar-refractivity contribution >= 4 is 0 Å². The molecule has 0 aliphatic rings. The number of pyridine rings is 1. The normalized spacial score (nSPS) is 14.2. The minimum Gasteiger partial charge on any atom is -0.389 e. The molecule has 1 aromatic rings. The third kappa shape index (κ3) is 2.42. The second-order valence-corrected chi connectivity index (χ2v) is 2.65. The molecule has 0 radical (unpaired) electrons. The number of aliphatic hydroxyl groups excluding tert-OH is 1. The number of aliphatic hydroxyl groups is 1. The number of rotatable bonds is 1. The molecule has 0 saturated carbocycles. The summed E-state index contributed by atoms with van der Waals surface area (Å²) in [6.07, 6.45) is -4.19. The molecule has 2 nitrogen and oxygen atoms in total. The fourth-order valence-electron chi connectivity index (χ4n) is 0.820. The average molecular weight is 191 g/mol. The van der Waals surface area contributed by atoms with Gasteiger partial charge in [-0.1, -0.05) is 6.07 Å². The van der Waals surface area contributed by atoms with Crippen molar-refractivity contribution in [3.05, 3.63) is 29.6 Å². The van der Waals surface area contributed by atoms with Crippen LogP contribution < -0.4 is 0 Å². The maximum atomic E-state index is 12.0. The Labute approximate surface area is 73.0 Å². The van der Waals surface area contributed by atoms with E-state index >= 15 is 0 Å². The highest BCUT2D eigenvalue weighted by Gasteiger charge is 2.32. The Kier molecular flexibility index (Phi) is 2.56. The third-order valence-electron chi connectivity index (χ3n) is 1.56. The average Bonchev–Trinajstić information content (AvgIpc) is 2.03. The summed E-state index contributed by atoms with van der Waals surface area (Å²) in [4.78, 5) is 3.19. The smallest absolute Gasteiger partial charge is 0.389 e. The van der Waals surface area contributed by atoms with E-state index < -0.39 is 18.0 Å². The zero-order chi connectivity index (χ0) is 10.1. The van der Waals surface area contributed by atoms with Gasteiger partial charge in [-0.05, 0) is 18.6 Å². The van der Waals surface area contributed by atoms with Crippen LogP contribution in [0, 0.1) is 0 Å². The van der Waals surface area contributed by atoms with Crippen LogP contribution in [0.25, 0.3) is 0 Å². The number of hydrogen-bond acceptors (Lipinski definition) is 2. The molecular formula is C8H8F3NO. The summed E-state index contributed by atoms with van der Waals surface area (Å²) in [6, 6.07) is 2.06. The second-order valence-electron chi connectivity index (χ2n) is 2.65. The predicted molar refractivity (Wildman–Crippen MR) is 39.9 cm³/mol. The van der Waals surface area contributed by atoms with Gasteiger partial charge in [0.15, 0.2) is 0 Å². The van der Waals surface area contributed by atoms with E-state index in [0.717, 1.165) is 12.3 Å². The van der Waals surface area contributed by atoms with Gasteiger partial charge in [-0.3, -0.25) is 4.98 Å². The maximum Gasteiger partial charge on any atom is 0.433 e. The Balaban J connectivity index is 2.94. The highest BCUT2D eigenvalue weighted by molar-refractivity contribution is 5.17. The Hall–Kier alpha value is -1.10. The van der Waals surface area contributed by atoms with Crippen LogP contribution in [-0.4, -0.2) is 10.1 Å². The van der Waals surface area contributed by atoms with Gasteiger partial charge >= 0.3 is 6.18 Å². The van der Waals surface area contributed by atoms with Crippen LogP contribution in [0.15, 0.2) is 18.3 Å². The monoisotopic (exact) mass is 191 g/mol. The molecule has 0 spiro atoms. The molecule has 0 fully saturated rings. The first-order valence-corrected chi connectivity index (χ1v) is 3.62. The van der Waals surface area contributed by atoms with E-state index in [1.807, 2.05) is 0 Å². The Morgan fingerprint density at radius 2 is 2.00 bits per heavy atom. The van der Waals surface area contributed by atoms with Gasteiger partial charge in [0.25, 0.3) is 0 Å². The van der Waals surface area contributed by atoms with Crippen molar-refractivity contribution in [3.8, 4) is 0 Å².